The van der Waals surface area contributed by atoms with Crippen LogP contribution in [0.25, 0.3) is 0 Å². The number of carboxylic acid groups (broad SMARTS) is 1. The van der Waals surface area contributed by atoms with Crippen LogP contribution in [0.2, 0.25) is 0 Å². The normalized spacial score (nSPS) is 12.5. The molecule has 0 rings (SSSR count). The Bertz CT molecular complexity index is 265. The molecule has 0 radical (unpaired) electrons. The third kappa shape index (κ3) is 6.00. The number of rotatable bonds is 9. The summed E-state index contributed by atoms with van der Waals surface area (Å²) in [6, 6.07) is -0.699. The molecular weight excluding hydrogens is 232 g/mol. The minimum Gasteiger partial charge on any atom is -0.481 e. The Morgan fingerprint density at radius 2 is 1.78 bits per heavy atom. The number of nitrogens with two attached hydrogens (primary N) is 1. The average molecular weight is 258 g/mol. The molecule has 5 nitrogen and oxygen atoms in total. The van der Waals surface area contributed by atoms with Crippen LogP contribution in [0.3, 0.4) is 0 Å². The molecular formula is C13H26N2O3. The van der Waals surface area contributed by atoms with Crippen molar-refractivity contribution >= 4 is 11.9 Å². The summed E-state index contributed by atoms with van der Waals surface area (Å²) in [6.45, 7) is 7.47. The van der Waals surface area contributed by atoms with Crippen LogP contribution in [-0.2, 0) is 9.59 Å². The maximum atomic E-state index is 12.1. The first-order valence-electron chi connectivity index (χ1n) is 6.72. The second-order valence-corrected chi connectivity index (χ2v) is 4.60. The van der Waals surface area contributed by atoms with Gasteiger partial charge in [-0.25, -0.2) is 0 Å². The van der Waals surface area contributed by atoms with Gasteiger partial charge in [-0.3, -0.25) is 9.59 Å². The van der Waals surface area contributed by atoms with Crippen molar-refractivity contribution < 1.29 is 14.7 Å². The van der Waals surface area contributed by atoms with Crippen LogP contribution >= 0.6 is 0 Å². The summed E-state index contributed by atoms with van der Waals surface area (Å²) in [5, 5.41) is 8.58. The molecule has 0 fully saturated rings. The van der Waals surface area contributed by atoms with Gasteiger partial charge in [0.2, 0.25) is 5.91 Å². The first-order chi connectivity index (χ1) is 8.46. The van der Waals surface area contributed by atoms with Crippen molar-refractivity contribution in [2.45, 2.75) is 52.5 Å². The molecule has 0 aliphatic carbocycles. The molecule has 0 aliphatic rings. The quantitative estimate of drug-likeness (QED) is 0.656. The summed E-state index contributed by atoms with van der Waals surface area (Å²) in [5.41, 5.74) is 5.75. The fraction of sp³-hybridized carbons (Fsp3) is 0.846. The lowest BCUT2D eigenvalue weighted by molar-refractivity contribution is -0.137. The third-order valence-electron chi connectivity index (χ3n) is 3.31. The highest BCUT2D eigenvalue weighted by atomic mass is 16.4. The van der Waals surface area contributed by atoms with E-state index in [0.717, 1.165) is 12.8 Å². The van der Waals surface area contributed by atoms with Gasteiger partial charge in [0.25, 0.3) is 0 Å². The second kappa shape index (κ2) is 8.91. The summed E-state index contributed by atoms with van der Waals surface area (Å²) in [6.07, 6.45) is 2.21. The van der Waals surface area contributed by atoms with E-state index in [1.807, 2.05) is 6.92 Å². The molecule has 0 aromatic rings. The van der Waals surface area contributed by atoms with E-state index in [4.69, 9.17) is 10.8 Å². The smallest absolute Gasteiger partial charge is 0.303 e. The zero-order chi connectivity index (χ0) is 14.1. The standard InChI is InChI=1S/C13H26N2O3/c1-4-10(5-2)9-15(6-3)13(18)11(14)7-8-12(16)17/h10-11H,4-9,14H2,1-3H3,(H,16,17). The molecule has 5 heteroatoms. The van der Waals surface area contributed by atoms with Crippen LogP contribution < -0.4 is 5.73 Å². The lowest BCUT2D eigenvalue weighted by atomic mass is 10.0. The van der Waals surface area contributed by atoms with Crippen molar-refractivity contribution in [3.05, 3.63) is 0 Å². The van der Waals surface area contributed by atoms with Gasteiger partial charge < -0.3 is 15.7 Å². The van der Waals surface area contributed by atoms with Crippen LogP contribution in [0.15, 0.2) is 0 Å². The molecule has 0 saturated carbocycles. The predicted molar refractivity (Wildman–Crippen MR) is 71.2 cm³/mol. The molecule has 0 spiro atoms. The lowest BCUT2D eigenvalue weighted by Crippen LogP contribution is -2.45. The van der Waals surface area contributed by atoms with Crippen molar-refractivity contribution in [1.29, 1.82) is 0 Å². The Kier molecular flexibility index (Phi) is 8.37. The van der Waals surface area contributed by atoms with Gasteiger partial charge in [-0.05, 0) is 19.3 Å². The molecule has 0 saturated heterocycles. The van der Waals surface area contributed by atoms with Crippen molar-refractivity contribution in [3.63, 3.8) is 0 Å². The molecule has 0 aromatic carbocycles. The van der Waals surface area contributed by atoms with E-state index in [2.05, 4.69) is 13.8 Å². The van der Waals surface area contributed by atoms with Crippen LogP contribution in [0.1, 0.15) is 46.5 Å². The van der Waals surface area contributed by atoms with Gasteiger partial charge in [0.15, 0.2) is 0 Å². The number of carboxylic acids is 1. The van der Waals surface area contributed by atoms with E-state index in [1.165, 1.54) is 0 Å². The first-order valence-corrected chi connectivity index (χ1v) is 6.72. The van der Waals surface area contributed by atoms with E-state index < -0.39 is 12.0 Å². The summed E-state index contributed by atoms with van der Waals surface area (Å²) < 4.78 is 0. The molecule has 0 aliphatic heterocycles. The summed E-state index contributed by atoms with van der Waals surface area (Å²) >= 11 is 0. The molecule has 1 amide bonds. The predicted octanol–water partition coefficient (Wildman–Crippen LogP) is 1.46. The Morgan fingerprint density at radius 3 is 2.17 bits per heavy atom. The van der Waals surface area contributed by atoms with Crippen molar-refractivity contribution in [1.82, 2.24) is 4.90 Å². The van der Waals surface area contributed by atoms with Gasteiger partial charge in [0.1, 0.15) is 0 Å². The number of nitrogens with zero attached hydrogens (tertiary/aromatic N) is 1. The Balaban J connectivity index is 4.36. The number of hydrogen-bond acceptors (Lipinski definition) is 3. The molecule has 3 N–H and O–H groups in total. The first kappa shape index (κ1) is 16.9. The summed E-state index contributed by atoms with van der Waals surface area (Å²) in [7, 11) is 0. The third-order valence-corrected chi connectivity index (χ3v) is 3.31. The molecule has 1 atom stereocenters. The number of aliphatic carboxylic acids is 1. The van der Waals surface area contributed by atoms with Gasteiger partial charge in [-0.15, -0.1) is 0 Å². The molecule has 1 unspecified atom stereocenters. The zero-order valence-electron chi connectivity index (χ0n) is 11.7. The van der Waals surface area contributed by atoms with Gasteiger partial charge in [0.05, 0.1) is 6.04 Å². The SMILES string of the molecule is CCC(CC)CN(CC)C(=O)C(N)CCC(=O)O. The monoisotopic (exact) mass is 258 g/mol. The highest BCUT2D eigenvalue weighted by molar-refractivity contribution is 5.82. The molecule has 18 heavy (non-hydrogen) atoms. The number of hydrogen-bond donors (Lipinski definition) is 2. The Hall–Kier alpha value is -1.10. The second-order valence-electron chi connectivity index (χ2n) is 4.60. The van der Waals surface area contributed by atoms with Crippen LogP contribution in [0.5, 0.6) is 0 Å². The maximum absolute atomic E-state index is 12.1. The lowest BCUT2D eigenvalue weighted by Gasteiger charge is -2.27. The minimum absolute atomic E-state index is 0.0601. The van der Waals surface area contributed by atoms with E-state index in [9.17, 15) is 9.59 Å². The average Bonchev–Trinajstić information content (AvgIpc) is 2.36. The number of amides is 1. The molecule has 0 aromatic heterocycles. The van der Waals surface area contributed by atoms with Gasteiger partial charge >= 0.3 is 5.97 Å². The van der Waals surface area contributed by atoms with Gasteiger partial charge in [-0.1, -0.05) is 26.7 Å². The fourth-order valence-corrected chi connectivity index (χ4v) is 1.87. The van der Waals surface area contributed by atoms with Gasteiger partial charge in [-0.2, -0.15) is 0 Å². The van der Waals surface area contributed by atoms with E-state index in [-0.39, 0.29) is 18.7 Å². The van der Waals surface area contributed by atoms with Crippen molar-refractivity contribution in [2.75, 3.05) is 13.1 Å². The van der Waals surface area contributed by atoms with Crippen molar-refractivity contribution in [2.24, 2.45) is 11.7 Å². The van der Waals surface area contributed by atoms with Crippen LogP contribution in [-0.4, -0.2) is 41.0 Å². The zero-order valence-corrected chi connectivity index (χ0v) is 11.7. The number of carbonyl (C=O) groups excluding carboxylic acids is 1. The highest BCUT2D eigenvalue weighted by Crippen LogP contribution is 2.11. The van der Waals surface area contributed by atoms with E-state index in [1.54, 1.807) is 4.90 Å². The van der Waals surface area contributed by atoms with E-state index in [0.29, 0.717) is 19.0 Å². The van der Waals surface area contributed by atoms with Gasteiger partial charge in [0, 0.05) is 19.5 Å². The number of carbonyl (C=O) groups is 2. The largest absolute Gasteiger partial charge is 0.481 e. The highest BCUT2D eigenvalue weighted by Gasteiger charge is 2.22. The summed E-state index contributed by atoms with van der Waals surface area (Å²) in [4.78, 5) is 24.3. The van der Waals surface area contributed by atoms with Crippen LogP contribution in [0.4, 0.5) is 0 Å². The maximum Gasteiger partial charge on any atom is 0.303 e. The molecule has 106 valence electrons. The Labute approximate surface area is 109 Å². The number of likely N-dealkylation sites (N-methyl/N-ethyl adjacent to an activating group) is 1. The Morgan fingerprint density at radius 1 is 1.22 bits per heavy atom. The van der Waals surface area contributed by atoms with E-state index >= 15 is 0 Å². The van der Waals surface area contributed by atoms with Crippen LogP contribution in [0, 0.1) is 5.92 Å². The summed E-state index contributed by atoms with van der Waals surface area (Å²) in [5.74, 6) is -0.562. The topological polar surface area (TPSA) is 83.6 Å². The molecule has 0 bridgehead atoms. The van der Waals surface area contributed by atoms with Crippen molar-refractivity contribution in [3.8, 4) is 0 Å². The molecule has 0 heterocycles. The fourth-order valence-electron chi connectivity index (χ4n) is 1.87. The minimum atomic E-state index is -0.915.